The molecule has 254 valence electrons. The topological polar surface area (TPSA) is 37.4 Å². The Morgan fingerprint density at radius 1 is 0.415 bits per heavy atom. The molecule has 0 unspecified atom stereocenters. The van der Waals surface area contributed by atoms with Gasteiger partial charge in [0.05, 0.1) is 5.57 Å². The van der Waals surface area contributed by atoms with Crippen LogP contribution in [0.3, 0.4) is 0 Å². The molecule has 7 aromatic rings. The van der Waals surface area contributed by atoms with Crippen LogP contribution >= 0.6 is 0 Å². The van der Waals surface area contributed by atoms with Crippen molar-refractivity contribution in [3.05, 3.63) is 190 Å². The van der Waals surface area contributed by atoms with Crippen molar-refractivity contribution in [1.29, 1.82) is 0 Å². The number of nitrogens with zero attached hydrogens (tertiary/aromatic N) is 1. The lowest BCUT2D eigenvalue weighted by atomic mass is 9.82. The second-order valence-corrected chi connectivity index (χ2v) is 15.7. The van der Waals surface area contributed by atoms with Crippen LogP contribution in [0.2, 0.25) is 0 Å². The zero-order chi connectivity index (χ0) is 36.2. The van der Waals surface area contributed by atoms with Gasteiger partial charge in [0.15, 0.2) is 11.6 Å². The molecule has 53 heavy (non-hydrogen) atoms. The van der Waals surface area contributed by atoms with Crippen molar-refractivity contribution in [3.63, 3.8) is 0 Å². The summed E-state index contributed by atoms with van der Waals surface area (Å²) < 4.78 is 0. The molecule has 0 aliphatic heterocycles. The summed E-state index contributed by atoms with van der Waals surface area (Å²) in [5.74, 6) is -0.421. The lowest BCUT2D eigenvalue weighted by Crippen LogP contribution is -2.18. The van der Waals surface area contributed by atoms with Crippen molar-refractivity contribution >= 4 is 45.5 Å². The molecular formula is C50H37NO2. The van der Waals surface area contributed by atoms with Crippen LogP contribution in [0.25, 0.3) is 39.1 Å². The molecule has 0 saturated carbocycles. The van der Waals surface area contributed by atoms with E-state index in [1.165, 1.54) is 44.5 Å². The quantitative estimate of drug-likeness (QED) is 0.137. The van der Waals surface area contributed by atoms with Crippen molar-refractivity contribution in [2.45, 2.75) is 38.5 Å². The predicted octanol–water partition coefficient (Wildman–Crippen LogP) is 12.4. The predicted molar refractivity (Wildman–Crippen MR) is 217 cm³/mol. The normalized spacial score (nSPS) is 15.5. The van der Waals surface area contributed by atoms with Crippen molar-refractivity contribution in [2.75, 3.05) is 4.90 Å². The van der Waals surface area contributed by atoms with Crippen LogP contribution in [0.5, 0.6) is 0 Å². The molecule has 0 amide bonds. The number of benzene rings is 7. The van der Waals surface area contributed by atoms with E-state index in [-0.39, 0.29) is 28.0 Å². The first-order chi connectivity index (χ1) is 25.6. The summed E-state index contributed by atoms with van der Waals surface area (Å²) >= 11 is 0. The first kappa shape index (κ1) is 31.4. The summed E-state index contributed by atoms with van der Waals surface area (Å²) in [4.78, 5) is 28.6. The maximum atomic E-state index is 13.1. The number of anilines is 3. The third-order valence-electron chi connectivity index (χ3n) is 12.0. The Labute approximate surface area is 309 Å². The van der Waals surface area contributed by atoms with Gasteiger partial charge in [0.25, 0.3) is 0 Å². The molecule has 0 bridgehead atoms. The molecule has 0 N–H and O–H groups in total. The van der Waals surface area contributed by atoms with Crippen LogP contribution in [0.4, 0.5) is 17.1 Å². The lowest BCUT2D eigenvalue weighted by Gasteiger charge is -2.30. The number of Topliss-reactive ketones (excluding diaryl/α,β-unsaturated/α-hetero) is 2. The number of rotatable bonds is 4. The standard InChI is InChI=1S/C50H37NO2/c1-49(2)43-15-9-7-11-36(43)38-23-21-34(28-45(38)49)51(35-22-24-39-37-12-8-10-16-44(37)50(3,4)46(39)29-35)33-20-19-31-25-30(17-18-32(31)27-33)26-42-47(52)40-13-5-6-14-41(40)48(42)53/h5-29H,1-4H3. The van der Waals surface area contributed by atoms with Gasteiger partial charge in [-0.25, -0.2) is 0 Å². The lowest BCUT2D eigenvalue weighted by molar-refractivity contribution is 0.0990. The third-order valence-corrected chi connectivity index (χ3v) is 12.0. The molecule has 0 atom stereocenters. The highest BCUT2D eigenvalue weighted by Gasteiger charge is 2.38. The molecule has 10 rings (SSSR count). The van der Waals surface area contributed by atoms with Gasteiger partial charge in [-0.15, -0.1) is 0 Å². The molecule has 0 spiro atoms. The van der Waals surface area contributed by atoms with Gasteiger partial charge in [0.2, 0.25) is 0 Å². The van der Waals surface area contributed by atoms with E-state index in [9.17, 15) is 9.59 Å². The largest absolute Gasteiger partial charge is 0.310 e. The SMILES string of the molecule is CC1(C)c2ccccc2-c2ccc(N(c3ccc4c(c3)C(C)(C)c3ccccc3-4)c3ccc4cc(C=C5C(=O)c6ccccc6C5=O)ccc4c3)cc21. The van der Waals surface area contributed by atoms with Crippen molar-refractivity contribution in [3.8, 4) is 22.3 Å². The van der Waals surface area contributed by atoms with E-state index in [0.29, 0.717) is 11.1 Å². The van der Waals surface area contributed by atoms with E-state index in [1.807, 2.05) is 6.07 Å². The highest BCUT2D eigenvalue weighted by Crippen LogP contribution is 2.53. The highest BCUT2D eigenvalue weighted by atomic mass is 16.2. The number of allylic oxidation sites excluding steroid dienone is 1. The monoisotopic (exact) mass is 683 g/mol. The minimum Gasteiger partial charge on any atom is -0.310 e. The fraction of sp³-hybridized carbons (Fsp3) is 0.120. The van der Waals surface area contributed by atoms with Crippen molar-refractivity contribution < 1.29 is 9.59 Å². The minimum absolute atomic E-state index is 0.132. The van der Waals surface area contributed by atoms with E-state index >= 15 is 0 Å². The van der Waals surface area contributed by atoms with Crippen LogP contribution < -0.4 is 4.90 Å². The Hall–Kier alpha value is -6.32. The molecule has 7 aromatic carbocycles. The van der Waals surface area contributed by atoms with Crippen LogP contribution in [0.1, 0.15) is 76.2 Å². The summed E-state index contributed by atoms with van der Waals surface area (Å²) in [7, 11) is 0. The number of hydrogen-bond donors (Lipinski definition) is 0. The molecular weight excluding hydrogens is 647 g/mol. The maximum absolute atomic E-state index is 13.1. The Balaban J connectivity index is 1.10. The minimum atomic E-state index is -0.210. The Morgan fingerprint density at radius 3 is 1.38 bits per heavy atom. The van der Waals surface area contributed by atoms with E-state index in [0.717, 1.165) is 33.4 Å². The van der Waals surface area contributed by atoms with Crippen LogP contribution in [0.15, 0.2) is 151 Å². The van der Waals surface area contributed by atoms with Crippen LogP contribution in [-0.2, 0) is 10.8 Å². The summed E-state index contributed by atoms with van der Waals surface area (Å²) in [5, 5.41) is 2.11. The van der Waals surface area contributed by atoms with Gasteiger partial charge < -0.3 is 4.90 Å². The molecule has 0 fully saturated rings. The van der Waals surface area contributed by atoms with Gasteiger partial charge in [-0.2, -0.15) is 0 Å². The first-order valence-electron chi connectivity index (χ1n) is 18.3. The zero-order valence-corrected chi connectivity index (χ0v) is 30.2. The van der Waals surface area contributed by atoms with Gasteiger partial charge >= 0.3 is 0 Å². The second kappa shape index (κ2) is 11.1. The number of ketones is 2. The van der Waals surface area contributed by atoms with Gasteiger partial charge in [0, 0.05) is 39.0 Å². The van der Waals surface area contributed by atoms with E-state index in [2.05, 4.69) is 148 Å². The summed E-state index contributed by atoms with van der Waals surface area (Å²) in [6, 6.07) is 51.2. The van der Waals surface area contributed by atoms with E-state index in [4.69, 9.17) is 0 Å². The number of hydrogen-bond acceptors (Lipinski definition) is 3. The number of fused-ring (bicyclic) bond motifs is 8. The molecule has 3 aliphatic carbocycles. The summed E-state index contributed by atoms with van der Waals surface area (Å²) in [6.45, 7) is 9.31. The zero-order valence-electron chi connectivity index (χ0n) is 30.2. The maximum Gasteiger partial charge on any atom is 0.197 e. The van der Waals surface area contributed by atoms with E-state index in [1.54, 1.807) is 30.3 Å². The van der Waals surface area contributed by atoms with Crippen LogP contribution in [0, 0.1) is 0 Å². The van der Waals surface area contributed by atoms with Crippen LogP contribution in [-0.4, -0.2) is 11.6 Å². The molecule has 3 aliphatic rings. The van der Waals surface area contributed by atoms with Gasteiger partial charge in [-0.3, -0.25) is 9.59 Å². The van der Waals surface area contributed by atoms with Crippen molar-refractivity contribution in [2.24, 2.45) is 0 Å². The molecule has 3 nitrogen and oxygen atoms in total. The van der Waals surface area contributed by atoms with Gasteiger partial charge in [-0.05, 0) is 109 Å². The molecule has 3 heteroatoms. The first-order valence-corrected chi connectivity index (χ1v) is 18.3. The third kappa shape index (κ3) is 4.53. The summed E-state index contributed by atoms with van der Waals surface area (Å²) in [6.07, 6.45) is 1.74. The average Bonchev–Trinajstić information content (AvgIpc) is 3.66. The summed E-state index contributed by atoms with van der Waals surface area (Å²) in [5.41, 5.74) is 15.6. The van der Waals surface area contributed by atoms with E-state index < -0.39 is 0 Å². The Bertz CT molecular complexity index is 2640. The van der Waals surface area contributed by atoms with Gasteiger partial charge in [0.1, 0.15) is 0 Å². The Kier molecular flexibility index (Phi) is 6.57. The molecule has 0 heterocycles. The number of carbonyl (C=O) groups excluding carboxylic acids is 2. The van der Waals surface area contributed by atoms with Gasteiger partial charge in [-0.1, -0.05) is 131 Å². The Morgan fingerprint density at radius 2 is 0.830 bits per heavy atom. The fourth-order valence-electron chi connectivity index (χ4n) is 9.16. The number of carbonyl (C=O) groups is 2. The smallest absolute Gasteiger partial charge is 0.197 e. The molecule has 0 aromatic heterocycles. The highest BCUT2D eigenvalue weighted by molar-refractivity contribution is 6.41. The molecule has 0 saturated heterocycles. The second-order valence-electron chi connectivity index (χ2n) is 15.7. The van der Waals surface area contributed by atoms with Crippen molar-refractivity contribution in [1.82, 2.24) is 0 Å². The average molecular weight is 684 g/mol. The molecule has 0 radical (unpaired) electrons. The fourth-order valence-corrected chi connectivity index (χ4v) is 9.16.